The van der Waals surface area contributed by atoms with Crippen LogP contribution in [0.3, 0.4) is 0 Å². The molecule has 0 fully saturated rings. The van der Waals surface area contributed by atoms with E-state index in [2.05, 4.69) is 46.1 Å². The molecule has 0 radical (unpaired) electrons. The molecule has 4 nitrogen and oxygen atoms in total. The first-order valence-corrected chi connectivity index (χ1v) is 6.57. The average Bonchev–Trinajstić information content (AvgIpc) is 3.02. The molecule has 1 N–H and O–H groups in total. The lowest BCUT2D eigenvalue weighted by molar-refractivity contribution is 0.503. The largest absolute Gasteiger partial charge is 0.454 e. The van der Waals surface area contributed by atoms with Gasteiger partial charge in [-0.25, -0.2) is 4.98 Å². The van der Waals surface area contributed by atoms with Gasteiger partial charge in [0.2, 0.25) is 0 Å². The van der Waals surface area contributed by atoms with Crippen LogP contribution in [0.1, 0.15) is 11.4 Å². The van der Waals surface area contributed by atoms with Gasteiger partial charge in [0, 0.05) is 18.5 Å². The number of furan rings is 1. The molecule has 4 rings (SSSR count). The van der Waals surface area contributed by atoms with Gasteiger partial charge < -0.3 is 14.3 Å². The first-order chi connectivity index (χ1) is 9.33. The van der Waals surface area contributed by atoms with Crippen molar-refractivity contribution in [1.82, 2.24) is 14.9 Å². The average molecular weight is 253 g/mol. The first-order valence-electron chi connectivity index (χ1n) is 6.57. The molecule has 2 aromatic heterocycles. The predicted molar refractivity (Wildman–Crippen MR) is 73.9 cm³/mol. The Labute approximate surface area is 111 Å². The third kappa shape index (κ3) is 1.60. The van der Waals surface area contributed by atoms with Gasteiger partial charge >= 0.3 is 0 Å². The highest BCUT2D eigenvalue weighted by Crippen LogP contribution is 2.30. The van der Waals surface area contributed by atoms with Crippen LogP contribution < -0.4 is 5.32 Å². The molecular weight excluding hydrogens is 238 g/mol. The van der Waals surface area contributed by atoms with Gasteiger partial charge in [0.05, 0.1) is 12.7 Å². The minimum absolute atomic E-state index is 0.833. The molecule has 1 aliphatic rings. The summed E-state index contributed by atoms with van der Waals surface area (Å²) in [5.41, 5.74) is 3.22. The van der Waals surface area contributed by atoms with E-state index in [0.717, 1.165) is 47.9 Å². The molecule has 0 bridgehead atoms. The van der Waals surface area contributed by atoms with Crippen LogP contribution in [0, 0.1) is 6.92 Å². The number of nitrogens with zero attached hydrogens (tertiary/aromatic N) is 2. The molecule has 0 aliphatic carbocycles. The molecule has 0 atom stereocenters. The van der Waals surface area contributed by atoms with E-state index in [1.165, 1.54) is 5.56 Å². The van der Waals surface area contributed by atoms with Crippen LogP contribution in [-0.4, -0.2) is 16.1 Å². The zero-order valence-corrected chi connectivity index (χ0v) is 10.8. The molecule has 0 unspecified atom stereocenters. The molecule has 0 saturated carbocycles. The van der Waals surface area contributed by atoms with Gasteiger partial charge in [-0.05, 0) is 18.6 Å². The summed E-state index contributed by atoms with van der Waals surface area (Å²) in [5.74, 6) is 1.99. The zero-order valence-electron chi connectivity index (χ0n) is 10.8. The molecule has 3 aromatic rings. The molecule has 1 aromatic carbocycles. The van der Waals surface area contributed by atoms with Crippen LogP contribution in [0.15, 0.2) is 34.9 Å². The van der Waals surface area contributed by atoms with E-state index in [1.54, 1.807) is 0 Å². The monoisotopic (exact) mass is 253 g/mol. The van der Waals surface area contributed by atoms with Crippen molar-refractivity contribution in [2.75, 3.05) is 6.54 Å². The number of rotatable bonds is 1. The van der Waals surface area contributed by atoms with E-state index in [-0.39, 0.29) is 0 Å². The van der Waals surface area contributed by atoms with Crippen molar-refractivity contribution < 1.29 is 4.42 Å². The Morgan fingerprint density at radius 2 is 2.32 bits per heavy atom. The lowest BCUT2D eigenvalue weighted by atomic mass is 10.2. The number of hydrogen-bond donors (Lipinski definition) is 1. The van der Waals surface area contributed by atoms with Gasteiger partial charge in [0.1, 0.15) is 17.1 Å². The summed E-state index contributed by atoms with van der Waals surface area (Å²) in [5, 5.41) is 4.48. The van der Waals surface area contributed by atoms with E-state index in [4.69, 9.17) is 4.42 Å². The second kappa shape index (κ2) is 3.96. The third-order valence-electron chi connectivity index (χ3n) is 3.73. The van der Waals surface area contributed by atoms with E-state index in [0.29, 0.717) is 0 Å². The highest BCUT2D eigenvalue weighted by atomic mass is 16.3. The number of fused-ring (bicyclic) bond motifs is 2. The first kappa shape index (κ1) is 10.8. The van der Waals surface area contributed by atoms with Crippen molar-refractivity contribution in [3.8, 4) is 11.5 Å². The van der Waals surface area contributed by atoms with E-state index in [1.807, 2.05) is 6.20 Å². The summed E-state index contributed by atoms with van der Waals surface area (Å²) in [7, 11) is 0. The highest BCUT2D eigenvalue weighted by Gasteiger charge is 2.17. The van der Waals surface area contributed by atoms with Crippen LogP contribution >= 0.6 is 0 Å². The SMILES string of the molecule is Cc1cccc2cc(-c3cnc4n3CCNC4)oc12. The van der Waals surface area contributed by atoms with Crippen LogP contribution in [-0.2, 0) is 13.1 Å². The summed E-state index contributed by atoms with van der Waals surface area (Å²) in [6.45, 7) is 4.83. The molecule has 0 saturated heterocycles. The number of para-hydroxylation sites is 1. The molecule has 0 spiro atoms. The summed E-state index contributed by atoms with van der Waals surface area (Å²) >= 11 is 0. The highest BCUT2D eigenvalue weighted by molar-refractivity contribution is 5.84. The number of nitrogens with one attached hydrogen (secondary N) is 1. The van der Waals surface area contributed by atoms with Gasteiger partial charge in [-0.3, -0.25) is 0 Å². The fourth-order valence-corrected chi connectivity index (χ4v) is 2.73. The Bertz CT molecular complexity index is 754. The maximum Gasteiger partial charge on any atom is 0.153 e. The van der Waals surface area contributed by atoms with Gasteiger partial charge in [0.15, 0.2) is 5.76 Å². The number of imidazole rings is 1. The summed E-state index contributed by atoms with van der Waals surface area (Å²) < 4.78 is 8.27. The van der Waals surface area contributed by atoms with Crippen LogP contribution in [0.4, 0.5) is 0 Å². The third-order valence-corrected chi connectivity index (χ3v) is 3.73. The Morgan fingerprint density at radius 1 is 1.37 bits per heavy atom. The smallest absolute Gasteiger partial charge is 0.153 e. The van der Waals surface area contributed by atoms with Crippen LogP contribution in [0.5, 0.6) is 0 Å². The molecule has 4 heteroatoms. The normalized spacial score (nSPS) is 14.8. The number of hydrogen-bond acceptors (Lipinski definition) is 3. The Kier molecular flexibility index (Phi) is 2.26. The minimum atomic E-state index is 0.833. The van der Waals surface area contributed by atoms with E-state index >= 15 is 0 Å². The van der Waals surface area contributed by atoms with Crippen molar-refractivity contribution in [2.24, 2.45) is 0 Å². The van der Waals surface area contributed by atoms with Crippen molar-refractivity contribution >= 4 is 11.0 Å². The zero-order chi connectivity index (χ0) is 12.8. The van der Waals surface area contributed by atoms with Gasteiger partial charge in [-0.15, -0.1) is 0 Å². The standard InChI is InChI=1S/C15H15N3O/c1-10-3-2-4-11-7-13(19-15(10)11)12-8-17-14-9-16-5-6-18(12)14/h2-4,7-8,16H,5-6,9H2,1H3. The maximum atomic E-state index is 6.03. The second-order valence-corrected chi connectivity index (χ2v) is 4.99. The topological polar surface area (TPSA) is 43.0 Å². The van der Waals surface area contributed by atoms with Gasteiger partial charge in [-0.2, -0.15) is 0 Å². The summed E-state index contributed by atoms with van der Waals surface area (Å²) in [6.07, 6.45) is 1.91. The fourth-order valence-electron chi connectivity index (χ4n) is 2.73. The number of aryl methyl sites for hydroxylation is 1. The Balaban J connectivity index is 1.90. The molecule has 1 aliphatic heterocycles. The lowest BCUT2D eigenvalue weighted by Crippen LogP contribution is -2.28. The van der Waals surface area contributed by atoms with Crippen molar-refractivity contribution in [1.29, 1.82) is 0 Å². The quantitative estimate of drug-likeness (QED) is 0.725. The lowest BCUT2D eigenvalue weighted by Gasteiger charge is -2.16. The van der Waals surface area contributed by atoms with Crippen molar-refractivity contribution in [2.45, 2.75) is 20.0 Å². The molecule has 3 heterocycles. The number of benzene rings is 1. The minimum Gasteiger partial charge on any atom is -0.454 e. The summed E-state index contributed by atoms with van der Waals surface area (Å²) in [6, 6.07) is 8.33. The van der Waals surface area contributed by atoms with Crippen molar-refractivity contribution in [3.63, 3.8) is 0 Å². The Morgan fingerprint density at radius 3 is 3.21 bits per heavy atom. The summed E-state index contributed by atoms with van der Waals surface area (Å²) in [4.78, 5) is 4.47. The maximum absolute atomic E-state index is 6.03. The fraction of sp³-hybridized carbons (Fsp3) is 0.267. The van der Waals surface area contributed by atoms with Gasteiger partial charge in [0.25, 0.3) is 0 Å². The van der Waals surface area contributed by atoms with E-state index < -0.39 is 0 Å². The second-order valence-electron chi connectivity index (χ2n) is 4.99. The predicted octanol–water partition coefficient (Wildman–Crippen LogP) is 2.71. The Hall–Kier alpha value is -2.07. The number of aromatic nitrogens is 2. The van der Waals surface area contributed by atoms with E-state index in [9.17, 15) is 0 Å². The van der Waals surface area contributed by atoms with Crippen LogP contribution in [0.25, 0.3) is 22.4 Å². The molecule has 96 valence electrons. The van der Waals surface area contributed by atoms with Crippen molar-refractivity contribution in [3.05, 3.63) is 41.9 Å². The van der Waals surface area contributed by atoms with Gasteiger partial charge in [-0.1, -0.05) is 18.2 Å². The molecular formula is C15H15N3O. The van der Waals surface area contributed by atoms with Crippen LogP contribution in [0.2, 0.25) is 0 Å². The molecule has 19 heavy (non-hydrogen) atoms. The molecule has 0 amide bonds.